The molecule has 7 nitrogen and oxygen atoms in total. The predicted molar refractivity (Wildman–Crippen MR) is 49.4 cm³/mol. The lowest BCUT2D eigenvalue weighted by molar-refractivity contribution is -0.148. The van der Waals surface area contributed by atoms with Gasteiger partial charge in [0.05, 0.1) is 0 Å². The molecule has 0 saturated heterocycles. The van der Waals surface area contributed by atoms with Crippen molar-refractivity contribution in [3.05, 3.63) is 11.6 Å². The van der Waals surface area contributed by atoms with E-state index in [4.69, 9.17) is 20.4 Å². The van der Waals surface area contributed by atoms with Crippen molar-refractivity contribution < 1.29 is 35.1 Å². The third kappa shape index (κ3) is 1.97. The van der Waals surface area contributed by atoms with Crippen LogP contribution in [-0.4, -0.2) is 37.3 Å². The minimum Gasteiger partial charge on any atom is -0.504 e. The van der Waals surface area contributed by atoms with Crippen LogP contribution in [0.5, 0.6) is 23.0 Å². The van der Waals surface area contributed by atoms with Gasteiger partial charge in [-0.3, -0.25) is 4.79 Å². The number of carboxylic acids is 1. The van der Waals surface area contributed by atoms with Gasteiger partial charge in [0.25, 0.3) is 0 Å². The fraction of sp³-hybridized carbons (Fsp3) is 0.111. The van der Waals surface area contributed by atoms with Crippen LogP contribution in [0.2, 0.25) is 0 Å². The fourth-order valence-electron chi connectivity index (χ4n) is 1.07. The number of aromatic hydroxyl groups is 4. The van der Waals surface area contributed by atoms with Crippen LogP contribution in [0.15, 0.2) is 6.07 Å². The van der Waals surface area contributed by atoms with Crippen molar-refractivity contribution in [3.63, 3.8) is 0 Å². The Morgan fingerprint density at radius 1 is 1.00 bits per heavy atom. The van der Waals surface area contributed by atoms with E-state index in [0.717, 1.165) is 6.07 Å². The number of hydrogen-bond acceptors (Lipinski definition) is 6. The molecular weight excluding hydrogens is 220 g/mol. The zero-order chi connectivity index (χ0) is 12.5. The van der Waals surface area contributed by atoms with E-state index in [1.807, 2.05) is 0 Å². The first-order valence-corrected chi connectivity index (χ1v) is 4.06. The molecule has 0 aliphatic carbocycles. The monoisotopic (exact) mass is 228 g/mol. The number of phenolic OH excluding ortho intramolecular Hbond substituents is 4. The molecule has 5 N–H and O–H groups in total. The summed E-state index contributed by atoms with van der Waals surface area (Å²) in [4.78, 5) is 21.1. The van der Waals surface area contributed by atoms with Crippen molar-refractivity contribution in [2.75, 3.05) is 0 Å². The van der Waals surface area contributed by atoms with Crippen LogP contribution in [0, 0.1) is 0 Å². The summed E-state index contributed by atoms with van der Waals surface area (Å²) < 4.78 is 0. The average molecular weight is 228 g/mol. The highest BCUT2D eigenvalue weighted by Crippen LogP contribution is 2.43. The summed E-state index contributed by atoms with van der Waals surface area (Å²) in [7, 11) is 0. The van der Waals surface area contributed by atoms with E-state index in [2.05, 4.69) is 0 Å². The van der Waals surface area contributed by atoms with Gasteiger partial charge in [-0.05, 0) is 6.07 Å². The van der Waals surface area contributed by atoms with Gasteiger partial charge in [0, 0.05) is 12.0 Å². The fourth-order valence-corrected chi connectivity index (χ4v) is 1.07. The first kappa shape index (κ1) is 11.6. The molecule has 0 aromatic heterocycles. The van der Waals surface area contributed by atoms with Crippen LogP contribution in [0.1, 0.15) is 5.56 Å². The van der Waals surface area contributed by atoms with E-state index in [1.165, 1.54) is 0 Å². The zero-order valence-corrected chi connectivity index (χ0v) is 7.84. The van der Waals surface area contributed by atoms with Gasteiger partial charge in [-0.25, -0.2) is 4.79 Å². The third-order valence-electron chi connectivity index (χ3n) is 1.90. The molecule has 0 aliphatic heterocycles. The number of aliphatic carboxylic acids is 1. The highest BCUT2D eigenvalue weighted by atomic mass is 16.4. The van der Waals surface area contributed by atoms with E-state index in [-0.39, 0.29) is 5.56 Å². The van der Waals surface area contributed by atoms with Gasteiger partial charge in [0.2, 0.25) is 17.3 Å². The number of Topliss-reactive ketones (excluding diaryl/α,β-unsaturated/α-hetero) is 1. The number of benzene rings is 1. The van der Waals surface area contributed by atoms with E-state index < -0.39 is 41.2 Å². The first-order valence-electron chi connectivity index (χ1n) is 4.06. The second kappa shape index (κ2) is 3.97. The largest absolute Gasteiger partial charge is 0.504 e. The van der Waals surface area contributed by atoms with Gasteiger partial charge in [-0.2, -0.15) is 0 Å². The highest BCUT2D eigenvalue weighted by Gasteiger charge is 2.20. The van der Waals surface area contributed by atoms with Crippen molar-refractivity contribution >= 4 is 11.8 Å². The summed E-state index contributed by atoms with van der Waals surface area (Å²) in [6.45, 7) is 0. The minimum absolute atomic E-state index is 0.291. The molecule has 0 heterocycles. The summed E-state index contributed by atoms with van der Waals surface area (Å²) in [6.07, 6.45) is -0.706. The Morgan fingerprint density at radius 3 is 2.06 bits per heavy atom. The average Bonchev–Trinajstić information content (AvgIpc) is 2.22. The Kier molecular flexibility index (Phi) is 2.89. The normalized spacial score (nSPS) is 10.0. The number of ketones is 1. The van der Waals surface area contributed by atoms with Gasteiger partial charge in [0.1, 0.15) is 0 Å². The summed E-state index contributed by atoms with van der Waals surface area (Å²) in [5.41, 5.74) is -0.291. The number of carboxylic acid groups (broad SMARTS) is 1. The Bertz CT molecular complexity index is 463. The van der Waals surface area contributed by atoms with Crippen molar-refractivity contribution in [3.8, 4) is 23.0 Å². The van der Waals surface area contributed by atoms with Gasteiger partial charge < -0.3 is 25.5 Å². The molecule has 0 saturated carbocycles. The summed E-state index contributed by atoms with van der Waals surface area (Å²) in [6, 6.07) is 0.797. The maximum Gasteiger partial charge on any atom is 0.372 e. The minimum atomic E-state index is -1.70. The quantitative estimate of drug-likeness (QED) is 0.272. The molecule has 0 bridgehead atoms. The van der Waals surface area contributed by atoms with Crippen LogP contribution < -0.4 is 0 Å². The Hall–Kier alpha value is -2.44. The van der Waals surface area contributed by atoms with E-state index in [0.29, 0.717) is 0 Å². The van der Waals surface area contributed by atoms with Gasteiger partial charge in [0.15, 0.2) is 11.5 Å². The van der Waals surface area contributed by atoms with Crippen LogP contribution >= 0.6 is 0 Å². The second-order valence-corrected chi connectivity index (χ2v) is 3.01. The summed E-state index contributed by atoms with van der Waals surface area (Å²) in [5, 5.41) is 44.8. The lowest BCUT2D eigenvalue weighted by Crippen LogP contribution is -2.15. The van der Waals surface area contributed by atoms with E-state index >= 15 is 0 Å². The smallest absolute Gasteiger partial charge is 0.372 e. The number of phenols is 4. The Labute approximate surface area is 88.8 Å². The molecule has 0 atom stereocenters. The molecule has 86 valence electrons. The SMILES string of the molecule is O=C(O)C(=O)Cc1cc(O)c(O)c(O)c1O. The lowest BCUT2D eigenvalue weighted by Gasteiger charge is -2.07. The molecule has 7 heteroatoms. The number of rotatable bonds is 3. The van der Waals surface area contributed by atoms with Crippen LogP contribution in [-0.2, 0) is 16.0 Å². The standard InChI is InChI=1S/C9H8O7/c10-4-1-3(2-5(11)9(15)16)6(12)8(14)7(4)13/h1,10,12-14H,2H2,(H,15,16). The van der Waals surface area contributed by atoms with E-state index in [1.54, 1.807) is 0 Å². The zero-order valence-electron chi connectivity index (χ0n) is 7.84. The summed E-state index contributed by atoms with van der Waals surface area (Å²) >= 11 is 0. The Balaban J connectivity index is 3.16. The third-order valence-corrected chi connectivity index (χ3v) is 1.90. The number of carbonyl (C=O) groups excluding carboxylic acids is 1. The number of hydrogen-bond donors (Lipinski definition) is 5. The van der Waals surface area contributed by atoms with Crippen LogP contribution in [0.4, 0.5) is 0 Å². The summed E-state index contributed by atoms with van der Waals surface area (Å²) in [5.74, 6) is -6.48. The molecule has 0 unspecified atom stereocenters. The van der Waals surface area contributed by atoms with Crippen molar-refractivity contribution in [2.45, 2.75) is 6.42 Å². The van der Waals surface area contributed by atoms with Crippen LogP contribution in [0.25, 0.3) is 0 Å². The molecule has 0 amide bonds. The molecular formula is C9H8O7. The highest BCUT2D eigenvalue weighted by molar-refractivity contribution is 6.33. The van der Waals surface area contributed by atoms with Crippen molar-refractivity contribution in [2.24, 2.45) is 0 Å². The van der Waals surface area contributed by atoms with Gasteiger partial charge in [-0.15, -0.1) is 0 Å². The second-order valence-electron chi connectivity index (χ2n) is 3.01. The van der Waals surface area contributed by atoms with Crippen LogP contribution in [0.3, 0.4) is 0 Å². The van der Waals surface area contributed by atoms with Crippen molar-refractivity contribution in [1.82, 2.24) is 0 Å². The molecule has 0 aliphatic rings. The van der Waals surface area contributed by atoms with E-state index in [9.17, 15) is 14.7 Å². The molecule has 0 spiro atoms. The van der Waals surface area contributed by atoms with Crippen molar-refractivity contribution in [1.29, 1.82) is 0 Å². The molecule has 1 aromatic rings. The molecule has 0 fully saturated rings. The maximum absolute atomic E-state index is 10.8. The maximum atomic E-state index is 10.8. The Morgan fingerprint density at radius 2 is 1.56 bits per heavy atom. The predicted octanol–water partition coefficient (Wildman–Crippen LogP) is -0.295. The van der Waals surface area contributed by atoms with Gasteiger partial charge >= 0.3 is 5.97 Å². The topological polar surface area (TPSA) is 135 Å². The lowest BCUT2D eigenvalue weighted by atomic mass is 10.1. The first-order chi connectivity index (χ1) is 7.34. The molecule has 1 rings (SSSR count). The molecule has 1 aromatic carbocycles. The number of carbonyl (C=O) groups is 2. The molecule has 16 heavy (non-hydrogen) atoms. The molecule has 0 radical (unpaired) electrons. The van der Waals surface area contributed by atoms with Gasteiger partial charge in [-0.1, -0.05) is 0 Å².